The maximum Gasteiger partial charge on any atom is 1.00 e. The molecule has 0 bridgehead atoms. The van der Waals surface area contributed by atoms with Crippen molar-refractivity contribution in [2.45, 2.75) is 40.5 Å². The molecule has 0 aromatic heterocycles. The summed E-state index contributed by atoms with van der Waals surface area (Å²) in [5, 5.41) is 0. The van der Waals surface area contributed by atoms with E-state index in [0.717, 1.165) is 11.1 Å². The summed E-state index contributed by atoms with van der Waals surface area (Å²) in [6.07, 6.45) is 5.88. The molecule has 0 saturated carbocycles. The number of aryl methyl sites for hydroxylation is 3. The first kappa shape index (κ1) is 19.3. The number of hydrogen-bond donors (Lipinski definition) is 0. The molecule has 1 aromatic rings. The van der Waals surface area contributed by atoms with Crippen molar-refractivity contribution in [3.63, 3.8) is 0 Å². The van der Waals surface area contributed by atoms with Gasteiger partial charge in [0.1, 0.15) is 0 Å². The van der Waals surface area contributed by atoms with E-state index in [4.69, 9.17) is 0 Å². The van der Waals surface area contributed by atoms with Gasteiger partial charge in [-0.3, -0.25) is 0 Å². The van der Waals surface area contributed by atoms with Crippen molar-refractivity contribution in [2.75, 3.05) is 6.16 Å². The molecule has 0 aliphatic heterocycles. The van der Waals surface area contributed by atoms with E-state index in [9.17, 15) is 4.79 Å². The average Bonchev–Trinajstić information content (AvgIpc) is 2.19. The minimum absolute atomic E-state index is 0. The monoisotopic (exact) mass is 244 g/mol. The van der Waals surface area contributed by atoms with E-state index < -0.39 is 0 Å². The molecule has 0 radical (unpaired) electrons. The molecular formula is C14H22LiOP. The first-order chi connectivity index (χ1) is 7.56. The molecular weight excluding hydrogens is 222 g/mol. The van der Waals surface area contributed by atoms with Gasteiger partial charge in [0.25, 0.3) is 0 Å². The average molecular weight is 244 g/mol. The normalized spacial score (nSPS) is 8.76. The zero-order valence-corrected chi connectivity index (χ0v) is 12.9. The second-order valence-corrected chi connectivity index (χ2v) is 4.60. The van der Waals surface area contributed by atoms with Crippen LogP contribution in [0.2, 0.25) is 0 Å². The summed E-state index contributed by atoms with van der Waals surface area (Å²) in [5.74, 6) is 0. The Balaban J connectivity index is 0. The number of hydrogen-bond acceptors (Lipinski definition) is 1. The summed E-state index contributed by atoms with van der Waals surface area (Å²) >= 11 is 0. The molecule has 0 spiro atoms. The molecule has 17 heavy (non-hydrogen) atoms. The molecule has 1 aromatic carbocycles. The molecule has 0 amide bonds. The van der Waals surface area contributed by atoms with Crippen LogP contribution in [0.3, 0.4) is 0 Å². The van der Waals surface area contributed by atoms with Gasteiger partial charge in [-0.05, 0) is 13.1 Å². The van der Waals surface area contributed by atoms with Crippen molar-refractivity contribution >= 4 is 15.5 Å². The number of benzene rings is 1. The van der Waals surface area contributed by atoms with E-state index in [2.05, 4.69) is 16.2 Å². The molecule has 90 valence electrons. The molecule has 3 heteroatoms. The Morgan fingerprint density at radius 1 is 1.18 bits per heavy atom. The third-order valence-corrected chi connectivity index (χ3v) is 2.75. The van der Waals surface area contributed by atoms with Gasteiger partial charge in [-0.25, -0.2) is 0 Å². The van der Waals surface area contributed by atoms with E-state index >= 15 is 0 Å². The van der Waals surface area contributed by atoms with Gasteiger partial charge in [-0.15, -0.1) is 38.1 Å². The Kier molecular flexibility index (Phi) is 12.5. The molecule has 1 nitrogen and oxygen atoms in total. The Hall–Kier alpha value is -0.0826. The smallest absolute Gasteiger partial charge is 0.376 e. The number of rotatable bonds is 3. The largest absolute Gasteiger partial charge is 1.00 e. The Morgan fingerprint density at radius 3 is 1.88 bits per heavy atom. The minimum Gasteiger partial charge on any atom is -0.376 e. The van der Waals surface area contributed by atoms with Gasteiger partial charge in [0, 0.05) is 0 Å². The fraction of sp³-hybridized carbons (Fsp3) is 0.500. The van der Waals surface area contributed by atoms with Gasteiger partial charge >= 0.3 is 18.9 Å². The van der Waals surface area contributed by atoms with Crippen LogP contribution in [-0.2, 0) is 4.79 Å². The van der Waals surface area contributed by atoms with Gasteiger partial charge in [-0.1, -0.05) is 39.2 Å². The topological polar surface area (TPSA) is 17.1 Å². The first-order valence-corrected chi connectivity index (χ1v) is 6.54. The predicted molar refractivity (Wildman–Crippen MR) is 74.9 cm³/mol. The molecule has 1 unspecified atom stereocenters. The molecule has 0 aliphatic rings. The summed E-state index contributed by atoms with van der Waals surface area (Å²) in [7, 11) is 2.70. The van der Waals surface area contributed by atoms with Crippen molar-refractivity contribution in [1.82, 2.24) is 0 Å². The Morgan fingerprint density at radius 2 is 1.65 bits per heavy atom. The third kappa shape index (κ3) is 7.77. The van der Waals surface area contributed by atoms with E-state index in [1.165, 1.54) is 24.6 Å². The van der Waals surface area contributed by atoms with Crippen LogP contribution in [0.5, 0.6) is 0 Å². The molecule has 0 N–H and O–H groups in total. The van der Waals surface area contributed by atoms with Crippen LogP contribution in [0, 0.1) is 20.8 Å². The summed E-state index contributed by atoms with van der Waals surface area (Å²) in [6, 6.07) is 3.99. The SMILES string of the molecule is CCCCP.Cc1cc(C)c([C-]=O)c(C)c1.[Li+]. The maximum absolute atomic E-state index is 10.4. The van der Waals surface area contributed by atoms with Crippen LogP contribution in [-0.4, -0.2) is 12.4 Å². The van der Waals surface area contributed by atoms with Gasteiger partial charge in [-0.2, -0.15) is 0 Å². The predicted octanol–water partition coefficient (Wildman–Crippen LogP) is 0.735. The summed E-state index contributed by atoms with van der Waals surface area (Å²) in [4.78, 5) is 10.4. The summed E-state index contributed by atoms with van der Waals surface area (Å²) in [5.41, 5.74) is 3.92. The fourth-order valence-electron chi connectivity index (χ4n) is 1.55. The van der Waals surface area contributed by atoms with Crippen LogP contribution >= 0.6 is 9.24 Å². The van der Waals surface area contributed by atoms with E-state index in [-0.39, 0.29) is 18.9 Å². The van der Waals surface area contributed by atoms with Crippen LogP contribution in [0.15, 0.2) is 12.1 Å². The molecule has 0 fully saturated rings. The molecule has 1 rings (SSSR count). The van der Waals surface area contributed by atoms with Gasteiger partial charge in [0.05, 0.1) is 6.29 Å². The van der Waals surface area contributed by atoms with Crippen LogP contribution in [0.1, 0.15) is 42.0 Å². The van der Waals surface area contributed by atoms with E-state index in [1.807, 2.05) is 39.2 Å². The molecule has 0 saturated heterocycles. The minimum atomic E-state index is 0. The fourth-order valence-corrected chi connectivity index (χ4v) is 1.95. The van der Waals surface area contributed by atoms with Crippen LogP contribution in [0.25, 0.3) is 0 Å². The molecule has 0 aliphatic carbocycles. The first-order valence-electron chi connectivity index (χ1n) is 5.72. The third-order valence-electron chi connectivity index (χ3n) is 2.34. The van der Waals surface area contributed by atoms with Crippen molar-refractivity contribution < 1.29 is 23.7 Å². The standard InChI is InChI=1S/C10H11O.C4H11P.Li/c1-7-4-8(2)10(6-11)9(3)5-7;1-2-3-4-5;/h4-5H,1-3H3;2-5H2,1H3;/q-1;;+1. The van der Waals surface area contributed by atoms with Crippen molar-refractivity contribution in [1.29, 1.82) is 0 Å². The number of carbonyl (C=O) groups excluding carboxylic acids is 1. The Bertz CT molecular complexity index is 312. The van der Waals surface area contributed by atoms with Gasteiger partial charge in [0.15, 0.2) is 0 Å². The quantitative estimate of drug-likeness (QED) is 0.435. The molecule has 0 heterocycles. The second kappa shape index (κ2) is 11.0. The van der Waals surface area contributed by atoms with Gasteiger partial charge < -0.3 is 4.79 Å². The summed E-state index contributed by atoms with van der Waals surface area (Å²) in [6.45, 7) is 8.08. The maximum atomic E-state index is 10.4. The van der Waals surface area contributed by atoms with Gasteiger partial charge in [0.2, 0.25) is 0 Å². The van der Waals surface area contributed by atoms with Crippen molar-refractivity contribution in [3.05, 3.63) is 34.4 Å². The Labute approximate surface area is 120 Å². The van der Waals surface area contributed by atoms with Crippen LogP contribution < -0.4 is 18.9 Å². The number of unbranched alkanes of at least 4 members (excludes halogenated alkanes) is 1. The zero-order chi connectivity index (χ0) is 12.6. The van der Waals surface area contributed by atoms with E-state index in [1.54, 1.807) is 0 Å². The van der Waals surface area contributed by atoms with Crippen molar-refractivity contribution in [2.24, 2.45) is 0 Å². The zero-order valence-electron chi connectivity index (χ0n) is 11.8. The van der Waals surface area contributed by atoms with Crippen molar-refractivity contribution in [3.8, 4) is 0 Å². The molecule has 1 atom stereocenters. The second-order valence-electron chi connectivity index (χ2n) is 4.02. The summed E-state index contributed by atoms with van der Waals surface area (Å²) < 4.78 is 0. The van der Waals surface area contributed by atoms with E-state index in [0.29, 0.717) is 5.56 Å². The van der Waals surface area contributed by atoms with Crippen LogP contribution in [0.4, 0.5) is 0 Å².